The number of methoxy groups -OCH3 is 1. The van der Waals surface area contributed by atoms with Gasteiger partial charge in [-0.2, -0.15) is 15.4 Å². The first-order valence-corrected chi connectivity index (χ1v) is 15.6. The summed E-state index contributed by atoms with van der Waals surface area (Å²) in [5.74, 6) is -2.05. The molecule has 1 aliphatic rings. The lowest BCUT2D eigenvalue weighted by atomic mass is 9.95. The van der Waals surface area contributed by atoms with Gasteiger partial charge in [-0.25, -0.2) is 9.08 Å². The van der Waals surface area contributed by atoms with Gasteiger partial charge in [0.1, 0.15) is 30.6 Å². The maximum absolute atomic E-state index is 14.1. The Labute approximate surface area is 259 Å². The summed E-state index contributed by atoms with van der Waals surface area (Å²) in [5, 5.41) is 17.4. The number of para-hydroxylation sites is 1. The number of nitriles is 1. The topological polar surface area (TPSA) is 203 Å². The van der Waals surface area contributed by atoms with Crippen molar-refractivity contribution < 1.29 is 46.9 Å². The fourth-order valence-electron chi connectivity index (χ4n) is 4.63. The summed E-state index contributed by atoms with van der Waals surface area (Å²) in [4.78, 5) is 37.5. The van der Waals surface area contributed by atoms with Gasteiger partial charge in [0.25, 0.3) is 0 Å². The fraction of sp³-hybridized carbons (Fsp3) is 0.414. The Morgan fingerprint density at radius 3 is 2.47 bits per heavy atom. The molecule has 3 heterocycles. The average molecular weight is 644 g/mol. The van der Waals surface area contributed by atoms with Crippen LogP contribution < -0.4 is 15.3 Å². The van der Waals surface area contributed by atoms with E-state index in [1.807, 2.05) is 6.07 Å². The lowest BCUT2D eigenvalue weighted by Gasteiger charge is -2.30. The van der Waals surface area contributed by atoms with E-state index in [0.717, 1.165) is 7.11 Å². The van der Waals surface area contributed by atoms with Crippen molar-refractivity contribution in [1.29, 1.82) is 5.26 Å². The number of carbonyl (C=O) groups is 3. The molecule has 45 heavy (non-hydrogen) atoms. The molecule has 0 amide bonds. The van der Waals surface area contributed by atoms with Crippen LogP contribution in [0.2, 0.25) is 0 Å². The number of hydrogen-bond acceptors (Lipinski definition) is 13. The van der Waals surface area contributed by atoms with Crippen LogP contribution in [0.25, 0.3) is 5.52 Å². The van der Waals surface area contributed by atoms with Crippen LogP contribution in [0.5, 0.6) is 5.75 Å². The van der Waals surface area contributed by atoms with Crippen LogP contribution in [-0.4, -0.2) is 65.1 Å². The minimum atomic E-state index is -4.48. The lowest BCUT2D eigenvalue weighted by Crippen LogP contribution is -2.49. The predicted molar refractivity (Wildman–Crippen MR) is 157 cm³/mol. The van der Waals surface area contributed by atoms with Gasteiger partial charge in [0.2, 0.25) is 5.60 Å². The summed E-state index contributed by atoms with van der Waals surface area (Å²) in [6.07, 6.45) is -2.83. The van der Waals surface area contributed by atoms with Gasteiger partial charge in [0.15, 0.2) is 12.2 Å². The maximum atomic E-state index is 14.1. The number of nitrogens with one attached hydrogen (secondary N) is 1. The Hall–Kier alpha value is -4.48. The number of aromatic nitrogens is 2. The van der Waals surface area contributed by atoms with Gasteiger partial charge in [-0.3, -0.25) is 18.9 Å². The average Bonchev–Trinajstić information content (AvgIpc) is 3.60. The molecule has 1 aliphatic heterocycles. The lowest BCUT2D eigenvalue weighted by molar-refractivity contribution is -0.169. The molecule has 6 atom stereocenters. The van der Waals surface area contributed by atoms with Crippen molar-refractivity contribution in [2.24, 2.45) is 0 Å². The Morgan fingerprint density at radius 2 is 1.82 bits per heavy atom. The molecule has 2 aromatic heterocycles. The molecular formula is C29H34N5O10P. The summed E-state index contributed by atoms with van der Waals surface area (Å²) in [5.41, 5.74) is 5.13. The first-order chi connectivity index (χ1) is 21.5. The third-order valence-electron chi connectivity index (χ3n) is 6.92. The second-order valence-electron chi connectivity index (χ2n) is 10.0. The number of ether oxygens (including phenoxy) is 4. The summed E-state index contributed by atoms with van der Waals surface area (Å²) in [6, 6.07) is 13.7. The van der Waals surface area contributed by atoms with Gasteiger partial charge in [-0.15, -0.1) is 0 Å². The van der Waals surface area contributed by atoms with Crippen LogP contribution in [0.3, 0.4) is 0 Å². The van der Waals surface area contributed by atoms with Crippen molar-refractivity contribution in [2.75, 3.05) is 19.5 Å². The first-order valence-electron chi connectivity index (χ1n) is 14.0. The molecule has 0 spiro atoms. The van der Waals surface area contributed by atoms with Crippen LogP contribution in [0.4, 0.5) is 5.69 Å². The van der Waals surface area contributed by atoms with Gasteiger partial charge in [-0.05, 0) is 37.3 Å². The molecule has 240 valence electrons. The number of hydrogen-bond donors (Lipinski definition) is 2. The number of carbonyl (C=O) groups excluding carboxylic acids is 3. The maximum Gasteiger partial charge on any atom is 0.459 e. The zero-order valence-corrected chi connectivity index (χ0v) is 26.0. The molecule has 16 heteroatoms. The van der Waals surface area contributed by atoms with Crippen molar-refractivity contribution in [3.8, 4) is 11.8 Å². The van der Waals surface area contributed by atoms with Gasteiger partial charge in [0.05, 0.1) is 24.0 Å². The van der Waals surface area contributed by atoms with E-state index >= 15 is 0 Å². The predicted octanol–water partition coefficient (Wildman–Crippen LogP) is 3.25. The van der Waals surface area contributed by atoms with Crippen molar-refractivity contribution in [3.63, 3.8) is 0 Å². The quantitative estimate of drug-likeness (QED) is 0.156. The molecule has 0 unspecified atom stereocenters. The van der Waals surface area contributed by atoms with E-state index in [1.165, 1.54) is 29.8 Å². The number of rotatable bonds is 13. The van der Waals surface area contributed by atoms with Crippen molar-refractivity contribution in [2.45, 2.75) is 63.6 Å². The number of anilines is 1. The Bertz CT molecular complexity index is 1630. The van der Waals surface area contributed by atoms with E-state index in [4.69, 9.17) is 33.7 Å². The van der Waals surface area contributed by atoms with Crippen LogP contribution in [0.1, 0.15) is 45.4 Å². The van der Waals surface area contributed by atoms with E-state index in [2.05, 4.69) is 10.2 Å². The van der Waals surface area contributed by atoms with Gasteiger partial charge in [-0.1, -0.05) is 32.0 Å². The number of nitrogens with zero attached hydrogens (tertiary/aromatic N) is 3. The fourth-order valence-corrected chi connectivity index (χ4v) is 6.15. The van der Waals surface area contributed by atoms with Crippen molar-refractivity contribution in [3.05, 3.63) is 60.4 Å². The summed E-state index contributed by atoms with van der Waals surface area (Å²) in [7, 11) is -3.33. The third-order valence-corrected chi connectivity index (χ3v) is 8.54. The van der Waals surface area contributed by atoms with E-state index in [1.54, 1.807) is 50.2 Å². The zero-order chi connectivity index (χ0) is 32.8. The second kappa shape index (κ2) is 14.1. The highest BCUT2D eigenvalue weighted by atomic mass is 31.2. The highest BCUT2D eigenvalue weighted by Gasteiger charge is 2.62. The largest absolute Gasteiger partial charge is 0.468 e. The SMILES string of the molecule is CCC(=O)O[C@H]1[C@H](c2ccc3c(N)ccnn23)O[C@](C#N)(CO[P@](=O)(N[C@@H](C)C(=O)OC)Oc2ccccc2)[C@H]1OC(=O)CC. The minimum absolute atomic E-state index is 0.0384. The molecule has 1 aromatic carbocycles. The van der Waals surface area contributed by atoms with E-state index in [0.29, 0.717) is 16.9 Å². The van der Waals surface area contributed by atoms with E-state index in [9.17, 15) is 24.2 Å². The third kappa shape index (κ3) is 7.26. The summed E-state index contributed by atoms with van der Waals surface area (Å²) in [6.45, 7) is 3.66. The van der Waals surface area contributed by atoms with Crippen LogP contribution in [-0.2, 0) is 42.4 Å². The molecular weight excluding hydrogens is 609 g/mol. The molecule has 4 rings (SSSR count). The monoisotopic (exact) mass is 643 g/mol. The van der Waals surface area contributed by atoms with Crippen LogP contribution in [0, 0.1) is 11.3 Å². The molecule has 0 aliphatic carbocycles. The summed E-state index contributed by atoms with van der Waals surface area (Å²) >= 11 is 0. The number of nitrogens with two attached hydrogens (primary N) is 1. The van der Waals surface area contributed by atoms with Gasteiger partial charge < -0.3 is 29.2 Å². The number of esters is 3. The Balaban J connectivity index is 1.78. The zero-order valence-electron chi connectivity index (χ0n) is 25.1. The second-order valence-corrected chi connectivity index (χ2v) is 11.7. The Kier molecular flexibility index (Phi) is 10.5. The van der Waals surface area contributed by atoms with Gasteiger partial charge in [0, 0.05) is 19.0 Å². The van der Waals surface area contributed by atoms with E-state index in [-0.39, 0.29) is 18.6 Å². The van der Waals surface area contributed by atoms with Crippen molar-refractivity contribution >= 4 is 36.9 Å². The molecule has 3 aromatic rings. The Morgan fingerprint density at radius 1 is 1.13 bits per heavy atom. The highest BCUT2D eigenvalue weighted by Crippen LogP contribution is 2.50. The molecule has 3 N–H and O–H groups in total. The normalized spacial score (nSPS) is 23.0. The number of benzene rings is 1. The van der Waals surface area contributed by atoms with Crippen LogP contribution in [0.15, 0.2) is 54.7 Å². The van der Waals surface area contributed by atoms with Crippen LogP contribution >= 0.6 is 7.75 Å². The summed E-state index contributed by atoms with van der Waals surface area (Å²) < 4.78 is 49.4. The molecule has 0 radical (unpaired) electrons. The molecule has 1 fully saturated rings. The first kappa shape index (κ1) is 33.4. The highest BCUT2D eigenvalue weighted by molar-refractivity contribution is 7.52. The molecule has 1 saturated heterocycles. The molecule has 0 bridgehead atoms. The standard InChI is InChI=1S/C29H34N5O10P/c1-5-23(35)41-26-25(22-13-12-21-20(31)14-15-32-34(21)22)43-29(16-30,27(26)42-24(36)6-2)17-40-45(38,33-18(3)28(37)39-4)44-19-10-8-7-9-11-19/h7-15,18,25-27H,5-6,17,31H2,1-4H3,(H,33,38)/t18-,25-,26-,27-,29+,45+/m0/s1. The minimum Gasteiger partial charge on any atom is -0.468 e. The smallest absolute Gasteiger partial charge is 0.459 e. The van der Waals surface area contributed by atoms with E-state index < -0.39 is 62.2 Å². The number of fused-ring (bicyclic) bond motifs is 1. The molecule has 15 nitrogen and oxygen atoms in total. The number of nitrogen functional groups attached to an aromatic ring is 1. The molecule has 0 saturated carbocycles. The van der Waals surface area contributed by atoms with Crippen molar-refractivity contribution in [1.82, 2.24) is 14.7 Å². The van der Waals surface area contributed by atoms with Gasteiger partial charge >= 0.3 is 25.7 Å².